The number of rotatable bonds is 6. The fourth-order valence-corrected chi connectivity index (χ4v) is 7.50. The van der Waals surface area contributed by atoms with Crippen LogP contribution in [0.25, 0.3) is 106 Å². The molecule has 0 atom stereocenters. The largest absolute Gasteiger partial charge is 0.455 e. The molecule has 0 saturated heterocycles. The minimum atomic E-state index is -0.521. The van der Waals surface area contributed by atoms with Gasteiger partial charge in [0.25, 0.3) is 0 Å². The molecule has 0 saturated carbocycles. The quantitative estimate of drug-likeness (QED) is 0.171. The first-order valence-electron chi connectivity index (χ1n) is 22.1. The Balaban J connectivity index is 1.25. The Labute approximate surface area is 334 Å². The first-order valence-corrected chi connectivity index (χ1v) is 18.1. The van der Waals surface area contributed by atoms with Gasteiger partial charge in [-0.25, -0.2) is 15.0 Å². The van der Waals surface area contributed by atoms with Crippen LogP contribution in [0.4, 0.5) is 0 Å². The van der Waals surface area contributed by atoms with Crippen LogP contribution in [0.5, 0.6) is 0 Å². The van der Waals surface area contributed by atoms with Crippen LogP contribution in [0, 0.1) is 0 Å². The molecule has 0 radical (unpaired) electrons. The van der Waals surface area contributed by atoms with Crippen molar-refractivity contribution in [1.29, 1.82) is 0 Å². The van der Waals surface area contributed by atoms with Crippen molar-refractivity contribution in [3.8, 4) is 62.1 Å². The first kappa shape index (κ1) is 24.6. The van der Waals surface area contributed by atoms with Gasteiger partial charge in [-0.1, -0.05) is 158 Å². The third-order valence-electron chi connectivity index (χ3n) is 10.1. The van der Waals surface area contributed by atoms with Crippen molar-refractivity contribution in [3.63, 3.8) is 0 Å². The SMILES string of the molecule is [2H]c1c([2H])c([2H])c2c(c1[2H])c1c([2H])c([2H])c([2H])c([2H])c1n2-c1ccc(-c2cccc3c2oc2ccc(-c4ccccc4)cc23)cc1-c1nc(-c2ccccc2)nc(-c2ccccc2)n1. The molecule has 0 bridgehead atoms. The van der Waals surface area contributed by atoms with Crippen molar-refractivity contribution in [2.45, 2.75) is 0 Å². The minimum absolute atomic E-state index is 0.0174. The fraction of sp³-hybridized carbons (Fsp3) is 0. The highest BCUT2D eigenvalue weighted by Gasteiger charge is 2.21. The van der Waals surface area contributed by atoms with E-state index < -0.39 is 48.3 Å². The predicted molar refractivity (Wildman–Crippen MR) is 229 cm³/mol. The van der Waals surface area contributed by atoms with E-state index in [-0.39, 0.29) is 27.6 Å². The number of aromatic nitrogens is 4. The zero-order valence-electron chi connectivity index (χ0n) is 37.6. The van der Waals surface area contributed by atoms with Gasteiger partial charge < -0.3 is 8.98 Å². The monoisotopic (exact) mass is 724 g/mol. The van der Waals surface area contributed by atoms with Gasteiger partial charge in [-0.3, -0.25) is 0 Å². The van der Waals surface area contributed by atoms with E-state index in [4.69, 9.17) is 27.6 Å². The molecule has 0 aliphatic rings. The van der Waals surface area contributed by atoms with Crippen LogP contribution in [0.3, 0.4) is 0 Å². The second-order valence-corrected chi connectivity index (χ2v) is 13.4. The molecule has 0 aliphatic heterocycles. The Bertz CT molecular complexity index is 3570. The van der Waals surface area contributed by atoms with Crippen LogP contribution < -0.4 is 0 Å². The maximum atomic E-state index is 9.27. The summed E-state index contributed by atoms with van der Waals surface area (Å²) in [6.45, 7) is 0. The molecule has 3 heterocycles. The molecular formula is C51H32N4O. The lowest BCUT2D eigenvalue weighted by molar-refractivity contribution is 0.670. The normalized spacial score (nSPS) is 13.6. The van der Waals surface area contributed by atoms with E-state index in [0.29, 0.717) is 39.6 Å². The van der Waals surface area contributed by atoms with E-state index >= 15 is 0 Å². The number of hydrogen-bond acceptors (Lipinski definition) is 4. The summed E-state index contributed by atoms with van der Waals surface area (Å²) >= 11 is 0. The van der Waals surface area contributed by atoms with Crippen LogP contribution in [-0.4, -0.2) is 19.5 Å². The molecule has 5 heteroatoms. The van der Waals surface area contributed by atoms with E-state index in [1.165, 1.54) is 4.57 Å². The molecule has 0 N–H and O–H groups in total. The van der Waals surface area contributed by atoms with Gasteiger partial charge in [-0.05, 0) is 53.0 Å². The van der Waals surface area contributed by atoms with Crippen LogP contribution in [0.1, 0.15) is 11.0 Å². The second kappa shape index (κ2) is 13.0. The van der Waals surface area contributed by atoms with Crippen LogP contribution in [0.15, 0.2) is 198 Å². The number of benzene rings is 8. The Kier molecular flexibility index (Phi) is 5.74. The van der Waals surface area contributed by atoms with Crippen molar-refractivity contribution in [2.75, 3.05) is 0 Å². The standard InChI is InChI=1S/C51H32N4O/c1-4-15-33(16-5-1)36-28-30-47-42(31-36)41-24-14-23-38(48(41)56-47)37-27-29-46(55-44-25-12-10-21-39(44)40-22-11-13-26-45(40)55)43(32-37)51-53-49(34-17-6-2-7-18-34)52-50(54-51)35-19-8-3-9-20-35/h1-32H/i10D,11D,12D,13D,21D,22D,25D,26D. The molecule has 56 heavy (non-hydrogen) atoms. The zero-order chi connectivity index (χ0) is 44.0. The average Bonchev–Trinajstić information content (AvgIpc) is 3.91. The van der Waals surface area contributed by atoms with Crippen LogP contribution in [-0.2, 0) is 0 Å². The molecule has 0 amide bonds. The highest BCUT2D eigenvalue weighted by atomic mass is 16.3. The Morgan fingerprint density at radius 2 is 0.982 bits per heavy atom. The fourth-order valence-electron chi connectivity index (χ4n) is 7.50. The summed E-state index contributed by atoms with van der Waals surface area (Å²) in [5.74, 6) is 0.964. The summed E-state index contributed by atoms with van der Waals surface area (Å²) in [5, 5.41) is 1.79. The molecule has 8 aromatic carbocycles. The predicted octanol–water partition coefficient (Wildman–Crippen LogP) is 13.2. The Morgan fingerprint density at radius 1 is 0.411 bits per heavy atom. The van der Waals surface area contributed by atoms with E-state index in [0.717, 1.165) is 38.6 Å². The summed E-state index contributed by atoms with van der Waals surface area (Å²) in [7, 11) is 0. The molecule has 3 aromatic heterocycles. The molecule has 11 aromatic rings. The molecular weight excluding hydrogens is 685 g/mol. The zero-order valence-corrected chi connectivity index (χ0v) is 29.6. The third kappa shape index (κ3) is 5.29. The number of para-hydroxylation sites is 3. The molecule has 5 nitrogen and oxygen atoms in total. The van der Waals surface area contributed by atoms with Crippen molar-refractivity contribution in [3.05, 3.63) is 194 Å². The van der Waals surface area contributed by atoms with Gasteiger partial charge in [0, 0.05) is 43.8 Å². The smallest absolute Gasteiger partial charge is 0.166 e. The molecule has 0 fully saturated rings. The lowest BCUT2D eigenvalue weighted by Gasteiger charge is -2.16. The number of hydrogen-bond donors (Lipinski definition) is 0. The summed E-state index contributed by atoms with van der Waals surface area (Å²) in [4.78, 5) is 15.1. The van der Waals surface area contributed by atoms with E-state index in [1.807, 2.05) is 121 Å². The minimum Gasteiger partial charge on any atom is -0.455 e. The van der Waals surface area contributed by atoms with Gasteiger partial charge in [-0.15, -0.1) is 0 Å². The summed E-state index contributed by atoms with van der Waals surface area (Å²) in [5.41, 5.74) is 7.08. The van der Waals surface area contributed by atoms with Crippen molar-refractivity contribution < 1.29 is 15.4 Å². The van der Waals surface area contributed by atoms with E-state index in [2.05, 4.69) is 18.2 Å². The second-order valence-electron chi connectivity index (χ2n) is 13.4. The van der Waals surface area contributed by atoms with Gasteiger partial charge >= 0.3 is 0 Å². The van der Waals surface area contributed by atoms with Crippen LogP contribution in [0.2, 0.25) is 0 Å². The Hall–Kier alpha value is -7.63. The summed E-state index contributed by atoms with van der Waals surface area (Å²) in [6, 6.07) is 43.0. The van der Waals surface area contributed by atoms with Crippen molar-refractivity contribution >= 4 is 43.7 Å². The highest BCUT2D eigenvalue weighted by molar-refractivity contribution is 6.12. The number of furan rings is 1. The number of nitrogens with zero attached hydrogens (tertiary/aromatic N) is 4. The van der Waals surface area contributed by atoms with Gasteiger partial charge in [0.1, 0.15) is 11.2 Å². The van der Waals surface area contributed by atoms with Crippen LogP contribution >= 0.6 is 0 Å². The molecule has 11 rings (SSSR count). The van der Waals surface area contributed by atoms with Crippen molar-refractivity contribution in [2.24, 2.45) is 0 Å². The Morgan fingerprint density at radius 3 is 1.62 bits per heavy atom. The summed E-state index contributed by atoms with van der Waals surface area (Å²) < 4.78 is 79.6. The number of fused-ring (bicyclic) bond motifs is 6. The van der Waals surface area contributed by atoms with Gasteiger partial charge in [0.05, 0.1) is 27.7 Å². The maximum absolute atomic E-state index is 9.27. The maximum Gasteiger partial charge on any atom is 0.166 e. The lowest BCUT2D eigenvalue weighted by atomic mass is 9.98. The third-order valence-corrected chi connectivity index (χ3v) is 10.1. The van der Waals surface area contributed by atoms with Gasteiger partial charge in [0.15, 0.2) is 17.5 Å². The highest BCUT2D eigenvalue weighted by Crippen LogP contribution is 2.41. The molecule has 262 valence electrons. The van der Waals surface area contributed by atoms with Gasteiger partial charge in [0.2, 0.25) is 0 Å². The van der Waals surface area contributed by atoms with E-state index in [1.54, 1.807) is 6.07 Å². The van der Waals surface area contributed by atoms with E-state index in [9.17, 15) is 2.74 Å². The molecule has 0 unspecified atom stereocenters. The topological polar surface area (TPSA) is 56.7 Å². The average molecular weight is 725 g/mol. The van der Waals surface area contributed by atoms with Crippen molar-refractivity contribution in [1.82, 2.24) is 19.5 Å². The molecule has 0 spiro atoms. The summed E-state index contributed by atoms with van der Waals surface area (Å²) in [6.07, 6.45) is 0. The van der Waals surface area contributed by atoms with Gasteiger partial charge in [-0.2, -0.15) is 0 Å². The first-order chi connectivity index (χ1) is 31.1. The lowest BCUT2D eigenvalue weighted by Crippen LogP contribution is -2.04. The molecule has 0 aliphatic carbocycles.